The molecule has 6 bridgehead atoms. The van der Waals surface area contributed by atoms with Crippen molar-refractivity contribution in [2.45, 2.75) is 45.4 Å². The third-order valence-corrected chi connectivity index (χ3v) is 12.9. The van der Waals surface area contributed by atoms with Crippen molar-refractivity contribution in [2.75, 3.05) is 0 Å². The van der Waals surface area contributed by atoms with Crippen LogP contribution >= 0.6 is 0 Å². The van der Waals surface area contributed by atoms with Crippen LogP contribution < -0.4 is 0 Å². The molecule has 4 heterocycles. The number of hydrogen-bond acceptors (Lipinski definition) is 3. The van der Waals surface area contributed by atoms with Crippen LogP contribution in [0, 0.1) is 0 Å². The first kappa shape index (κ1) is 37.6. The summed E-state index contributed by atoms with van der Waals surface area (Å²) in [6, 6.07) is 68.0. The monoisotopic (exact) mass is 798 g/mol. The van der Waals surface area contributed by atoms with Crippen LogP contribution in [-0.4, -0.2) is 19.5 Å². The van der Waals surface area contributed by atoms with Crippen molar-refractivity contribution < 1.29 is 0 Å². The summed E-state index contributed by atoms with van der Waals surface area (Å²) in [6.07, 6.45) is 0. The molecule has 2 aliphatic heterocycles. The van der Waals surface area contributed by atoms with Gasteiger partial charge < -0.3 is 4.57 Å². The van der Waals surface area contributed by atoms with Gasteiger partial charge >= 0.3 is 0 Å². The van der Waals surface area contributed by atoms with E-state index in [4.69, 9.17) is 15.0 Å². The summed E-state index contributed by atoms with van der Waals surface area (Å²) >= 11 is 0. The Bertz CT molecular complexity index is 3340. The molecule has 0 spiro atoms. The Morgan fingerprint density at radius 1 is 0.403 bits per heavy atom. The first-order valence-electron chi connectivity index (χ1n) is 21.5. The summed E-state index contributed by atoms with van der Waals surface area (Å²) in [6.45, 7) is 11.5. The smallest absolute Gasteiger partial charge is 0.166 e. The van der Waals surface area contributed by atoms with Crippen molar-refractivity contribution in [3.8, 4) is 73.2 Å². The first-order valence-corrected chi connectivity index (χ1v) is 21.5. The molecule has 0 saturated heterocycles. The van der Waals surface area contributed by atoms with E-state index >= 15 is 0 Å². The second-order valence-corrected chi connectivity index (χ2v) is 18.1. The Labute approximate surface area is 363 Å². The minimum atomic E-state index is -0.383. The molecule has 10 aromatic rings. The Morgan fingerprint density at radius 3 is 1.68 bits per heavy atom. The first-order chi connectivity index (χ1) is 30.1. The zero-order valence-corrected chi connectivity index (χ0v) is 35.7. The SMILES string of the molecule is CC(C)(C)c1ccc2c(c1)c1cc3ccc1n2-c1ccc(-c2cc(-c4ccccc4)ccc2-c2ccccc2)cc1-c1nc(-c2ccccc2)nc(n1)-c1ccccc1C3(C)C. The topological polar surface area (TPSA) is 43.6 Å². The number of benzene rings is 8. The lowest BCUT2D eigenvalue weighted by molar-refractivity contribution is 0.591. The molecular weight excluding hydrogens is 753 g/mol. The molecule has 0 fully saturated rings. The lowest BCUT2D eigenvalue weighted by atomic mass is 9.75. The van der Waals surface area contributed by atoms with Crippen molar-refractivity contribution in [3.05, 3.63) is 205 Å². The van der Waals surface area contributed by atoms with Crippen molar-refractivity contribution in [1.29, 1.82) is 0 Å². The van der Waals surface area contributed by atoms with Gasteiger partial charge in [-0.1, -0.05) is 180 Å². The summed E-state index contributed by atoms with van der Waals surface area (Å²) in [4.78, 5) is 16.2. The van der Waals surface area contributed by atoms with Gasteiger partial charge in [0.25, 0.3) is 0 Å². The number of aromatic nitrogens is 4. The van der Waals surface area contributed by atoms with Crippen LogP contribution in [0.25, 0.3) is 95.0 Å². The molecule has 298 valence electrons. The van der Waals surface area contributed by atoms with E-state index in [1.807, 2.05) is 18.2 Å². The maximum atomic E-state index is 5.50. The summed E-state index contributed by atoms with van der Waals surface area (Å²) in [5.74, 6) is 1.91. The molecule has 12 rings (SSSR count). The largest absolute Gasteiger partial charge is 0.309 e. The minimum Gasteiger partial charge on any atom is -0.309 e. The van der Waals surface area contributed by atoms with E-state index < -0.39 is 0 Å². The molecule has 4 heteroatoms. The Hall–Kier alpha value is -7.43. The molecule has 0 saturated carbocycles. The van der Waals surface area contributed by atoms with Gasteiger partial charge in [0.05, 0.1) is 16.7 Å². The molecule has 0 amide bonds. The van der Waals surface area contributed by atoms with Gasteiger partial charge in [-0.15, -0.1) is 0 Å². The summed E-state index contributed by atoms with van der Waals surface area (Å²) in [5.41, 5.74) is 16.3. The predicted octanol–water partition coefficient (Wildman–Crippen LogP) is 14.9. The van der Waals surface area contributed by atoms with E-state index in [1.54, 1.807) is 0 Å². The van der Waals surface area contributed by atoms with Gasteiger partial charge in [-0.05, 0) is 98.0 Å². The Morgan fingerprint density at radius 2 is 0.968 bits per heavy atom. The lowest BCUT2D eigenvalue weighted by Crippen LogP contribution is -2.20. The van der Waals surface area contributed by atoms with E-state index in [2.05, 4.69) is 209 Å². The van der Waals surface area contributed by atoms with Crippen LogP contribution in [0.3, 0.4) is 0 Å². The Balaban J connectivity index is 1.28. The van der Waals surface area contributed by atoms with Gasteiger partial charge in [0.2, 0.25) is 0 Å². The van der Waals surface area contributed by atoms with Crippen LogP contribution in [0.5, 0.6) is 0 Å². The molecule has 0 radical (unpaired) electrons. The molecule has 0 atom stereocenters. The van der Waals surface area contributed by atoms with Crippen molar-refractivity contribution in [2.24, 2.45) is 0 Å². The second-order valence-electron chi connectivity index (χ2n) is 18.1. The number of fused-ring (bicyclic) bond motifs is 2. The van der Waals surface area contributed by atoms with Crippen LogP contribution in [0.2, 0.25) is 0 Å². The predicted molar refractivity (Wildman–Crippen MR) is 258 cm³/mol. The van der Waals surface area contributed by atoms with Crippen molar-refractivity contribution in [1.82, 2.24) is 19.5 Å². The van der Waals surface area contributed by atoms with Crippen molar-refractivity contribution >= 4 is 21.8 Å². The van der Waals surface area contributed by atoms with Gasteiger partial charge in [-0.3, -0.25) is 0 Å². The van der Waals surface area contributed by atoms with Crippen LogP contribution in [-0.2, 0) is 10.8 Å². The fourth-order valence-corrected chi connectivity index (χ4v) is 9.39. The third-order valence-electron chi connectivity index (χ3n) is 12.9. The highest BCUT2D eigenvalue weighted by Gasteiger charge is 2.30. The molecule has 0 unspecified atom stereocenters. The summed E-state index contributed by atoms with van der Waals surface area (Å²) in [5, 5.41) is 2.45. The molecule has 2 aromatic heterocycles. The van der Waals surface area contributed by atoms with Gasteiger partial charge in [0.1, 0.15) is 0 Å². The fraction of sp³-hybridized carbons (Fsp3) is 0.121. The molecule has 2 aliphatic rings. The van der Waals surface area contributed by atoms with Gasteiger partial charge in [0.15, 0.2) is 17.5 Å². The number of rotatable bonds is 4. The van der Waals surface area contributed by atoms with E-state index in [0.717, 1.165) is 66.8 Å². The van der Waals surface area contributed by atoms with Gasteiger partial charge in [-0.2, -0.15) is 0 Å². The lowest BCUT2D eigenvalue weighted by Gasteiger charge is -2.28. The second kappa shape index (κ2) is 14.4. The van der Waals surface area contributed by atoms with Crippen LogP contribution in [0.4, 0.5) is 0 Å². The highest BCUT2D eigenvalue weighted by atomic mass is 15.1. The van der Waals surface area contributed by atoms with E-state index in [1.165, 1.54) is 27.5 Å². The molecular formula is C58H46N4. The highest BCUT2D eigenvalue weighted by molar-refractivity contribution is 6.10. The van der Waals surface area contributed by atoms with Crippen molar-refractivity contribution in [3.63, 3.8) is 0 Å². The summed E-state index contributed by atoms with van der Waals surface area (Å²) < 4.78 is 2.43. The van der Waals surface area contributed by atoms with E-state index in [9.17, 15) is 0 Å². The molecule has 8 aromatic carbocycles. The van der Waals surface area contributed by atoms with Crippen LogP contribution in [0.1, 0.15) is 51.3 Å². The zero-order chi connectivity index (χ0) is 42.2. The van der Waals surface area contributed by atoms with Gasteiger partial charge in [-0.25, -0.2) is 15.0 Å². The molecule has 0 N–H and O–H groups in total. The third kappa shape index (κ3) is 6.25. The number of nitrogens with zero attached hydrogens (tertiary/aromatic N) is 4. The quantitative estimate of drug-likeness (QED) is 0.178. The maximum absolute atomic E-state index is 5.50. The molecule has 0 aliphatic carbocycles. The highest BCUT2D eigenvalue weighted by Crippen LogP contribution is 2.45. The molecule has 4 nitrogen and oxygen atoms in total. The average Bonchev–Trinajstić information content (AvgIpc) is 3.64. The average molecular weight is 799 g/mol. The summed E-state index contributed by atoms with van der Waals surface area (Å²) in [7, 11) is 0. The number of hydrogen-bond donors (Lipinski definition) is 0. The fourth-order valence-electron chi connectivity index (χ4n) is 9.39. The van der Waals surface area contributed by atoms with E-state index in [0.29, 0.717) is 17.5 Å². The minimum absolute atomic E-state index is 0.0219. The molecule has 62 heavy (non-hydrogen) atoms. The Kier molecular flexibility index (Phi) is 8.69. The normalized spacial score (nSPS) is 13.0. The van der Waals surface area contributed by atoms with Gasteiger partial charge in [0, 0.05) is 32.9 Å². The standard InChI is InChI=1S/C58H46N4/c1-57(2,3)42-27-31-51-47(35-42)48-36-43-28-32-52(48)62(51)53-30-26-41(46-33-40(37-17-9-6-10-18-37)25-29-44(46)38-19-11-7-12-20-38)34-49(53)56-60-54(39-21-13-8-14-22-39)59-55(61-56)45-23-15-16-24-50(45)58(43,4)5/h6-36H,1-5H3. The van der Waals surface area contributed by atoms with Crippen LogP contribution in [0.15, 0.2) is 188 Å². The van der Waals surface area contributed by atoms with E-state index in [-0.39, 0.29) is 10.8 Å². The zero-order valence-electron chi connectivity index (χ0n) is 35.7. The maximum Gasteiger partial charge on any atom is 0.166 e.